The molecule has 0 saturated heterocycles. The average molecular weight is 199 g/mol. The molecule has 0 atom stereocenters. The minimum Gasteiger partial charge on any atom is -0.377 e. The Labute approximate surface area is 88.6 Å². The summed E-state index contributed by atoms with van der Waals surface area (Å²) in [5.41, 5.74) is 0.322. The third kappa shape index (κ3) is 2.96. The molecule has 0 bridgehead atoms. The van der Waals surface area contributed by atoms with Crippen molar-refractivity contribution in [3.63, 3.8) is 0 Å². The summed E-state index contributed by atoms with van der Waals surface area (Å²) in [6.45, 7) is 5.13. The second-order valence-corrected chi connectivity index (χ2v) is 5.04. The van der Waals surface area contributed by atoms with Crippen molar-refractivity contribution < 1.29 is 4.74 Å². The standard InChI is InChI=1S/C12H25NO/c1-11(2)14-10-12(13(3)4)8-6-5-7-9-12/h11H,5-10H2,1-4H3. The number of likely N-dealkylation sites (N-methyl/N-ethyl adjacent to an activating group) is 1. The average Bonchev–Trinajstić information content (AvgIpc) is 2.16. The van der Waals surface area contributed by atoms with Crippen LogP contribution in [-0.2, 0) is 4.74 Å². The highest BCUT2D eigenvalue weighted by Gasteiger charge is 2.34. The van der Waals surface area contributed by atoms with Gasteiger partial charge < -0.3 is 9.64 Å². The van der Waals surface area contributed by atoms with E-state index in [1.807, 2.05) is 0 Å². The lowest BCUT2D eigenvalue weighted by molar-refractivity contribution is -0.0302. The molecule has 1 rings (SSSR count). The maximum absolute atomic E-state index is 5.80. The van der Waals surface area contributed by atoms with Crippen LogP contribution in [0.15, 0.2) is 0 Å². The normalized spacial score (nSPS) is 21.9. The maximum Gasteiger partial charge on any atom is 0.0653 e. The Morgan fingerprint density at radius 1 is 1.14 bits per heavy atom. The molecular formula is C12H25NO. The van der Waals surface area contributed by atoms with Crippen molar-refractivity contribution in [3.8, 4) is 0 Å². The first-order valence-electron chi connectivity index (χ1n) is 5.86. The molecule has 0 aromatic rings. The van der Waals surface area contributed by atoms with Gasteiger partial charge in [0.25, 0.3) is 0 Å². The lowest BCUT2D eigenvalue weighted by atomic mass is 9.81. The molecule has 0 N–H and O–H groups in total. The molecule has 0 amide bonds. The number of rotatable bonds is 4. The van der Waals surface area contributed by atoms with Crippen LogP contribution in [0.1, 0.15) is 46.0 Å². The maximum atomic E-state index is 5.80. The first-order chi connectivity index (χ1) is 6.57. The van der Waals surface area contributed by atoms with Gasteiger partial charge in [-0.1, -0.05) is 19.3 Å². The van der Waals surface area contributed by atoms with Gasteiger partial charge in [-0.15, -0.1) is 0 Å². The highest BCUT2D eigenvalue weighted by atomic mass is 16.5. The summed E-state index contributed by atoms with van der Waals surface area (Å²) in [5.74, 6) is 0. The monoisotopic (exact) mass is 199 g/mol. The van der Waals surface area contributed by atoms with E-state index in [0.717, 1.165) is 6.61 Å². The minimum atomic E-state index is 0.322. The van der Waals surface area contributed by atoms with Crippen LogP contribution in [0.3, 0.4) is 0 Å². The fraction of sp³-hybridized carbons (Fsp3) is 1.00. The van der Waals surface area contributed by atoms with E-state index in [9.17, 15) is 0 Å². The quantitative estimate of drug-likeness (QED) is 0.690. The van der Waals surface area contributed by atoms with Crippen molar-refractivity contribution in [2.45, 2.75) is 57.6 Å². The van der Waals surface area contributed by atoms with Crippen molar-refractivity contribution >= 4 is 0 Å². The molecule has 1 aliphatic carbocycles. The Hall–Kier alpha value is -0.0800. The molecule has 0 aliphatic heterocycles. The van der Waals surface area contributed by atoms with Crippen molar-refractivity contribution in [3.05, 3.63) is 0 Å². The van der Waals surface area contributed by atoms with Crippen LogP contribution >= 0.6 is 0 Å². The second-order valence-electron chi connectivity index (χ2n) is 5.04. The zero-order valence-corrected chi connectivity index (χ0v) is 10.2. The number of hydrogen-bond donors (Lipinski definition) is 0. The van der Waals surface area contributed by atoms with E-state index in [2.05, 4.69) is 32.8 Å². The van der Waals surface area contributed by atoms with E-state index >= 15 is 0 Å². The minimum absolute atomic E-state index is 0.322. The van der Waals surface area contributed by atoms with Crippen LogP contribution < -0.4 is 0 Å². The Morgan fingerprint density at radius 3 is 2.14 bits per heavy atom. The molecule has 0 aromatic heterocycles. The number of nitrogens with zero attached hydrogens (tertiary/aromatic N) is 1. The van der Waals surface area contributed by atoms with Crippen LogP contribution in [0.5, 0.6) is 0 Å². The van der Waals surface area contributed by atoms with Gasteiger partial charge in [-0.3, -0.25) is 0 Å². The topological polar surface area (TPSA) is 12.5 Å². The van der Waals surface area contributed by atoms with Gasteiger partial charge in [-0.2, -0.15) is 0 Å². The van der Waals surface area contributed by atoms with E-state index in [1.165, 1.54) is 32.1 Å². The second kappa shape index (κ2) is 5.13. The van der Waals surface area contributed by atoms with Crippen molar-refractivity contribution in [1.29, 1.82) is 0 Å². The number of ether oxygens (including phenoxy) is 1. The third-order valence-corrected chi connectivity index (χ3v) is 3.42. The van der Waals surface area contributed by atoms with E-state index in [0.29, 0.717) is 11.6 Å². The first-order valence-corrected chi connectivity index (χ1v) is 5.86. The summed E-state index contributed by atoms with van der Waals surface area (Å²) in [7, 11) is 4.38. The molecule has 1 saturated carbocycles. The molecular weight excluding hydrogens is 174 g/mol. The molecule has 0 radical (unpaired) electrons. The number of hydrogen-bond acceptors (Lipinski definition) is 2. The fourth-order valence-corrected chi connectivity index (χ4v) is 2.25. The van der Waals surface area contributed by atoms with Crippen LogP contribution in [0.2, 0.25) is 0 Å². The van der Waals surface area contributed by atoms with E-state index in [4.69, 9.17) is 4.74 Å². The highest BCUT2D eigenvalue weighted by molar-refractivity contribution is 4.90. The van der Waals surface area contributed by atoms with Gasteiger partial charge in [0.1, 0.15) is 0 Å². The van der Waals surface area contributed by atoms with Gasteiger partial charge in [0.15, 0.2) is 0 Å². The lowest BCUT2D eigenvalue weighted by Crippen LogP contribution is -2.50. The van der Waals surface area contributed by atoms with Gasteiger partial charge in [0, 0.05) is 5.54 Å². The predicted molar refractivity (Wildman–Crippen MR) is 60.6 cm³/mol. The van der Waals surface area contributed by atoms with Crippen LogP contribution in [0.4, 0.5) is 0 Å². The lowest BCUT2D eigenvalue weighted by Gasteiger charge is -2.43. The molecule has 0 unspecified atom stereocenters. The molecule has 2 heteroatoms. The summed E-state index contributed by atoms with van der Waals surface area (Å²) in [6.07, 6.45) is 7.07. The summed E-state index contributed by atoms with van der Waals surface area (Å²) < 4.78 is 5.80. The largest absolute Gasteiger partial charge is 0.377 e. The third-order valence-electron chi connectivity index (χ3n) is 3.42. The molecule has 0 aromatic carbocycles. The highest BCUT2D eigenvalue weighted by Crippen LogP contribution is 2.32. The van der Waals surface area contributed by atoms with Gasteiger partial charge in [-0.25, -0.2) is 0 Å². The van der Waals surface area contributed by atoms with Gasteiger partial charge in [-0.05, 0) is 40.8 Å². The molecule has 14 heavy (non-hydrogen) atoms. The van der Waals surface area contributed by atoms with Gasteiger partial charge in [0.2, 0.25) is 0 Å². The molecule has 2 nitrogen and oxygen atoms in total. The Balaban J connectivity index is 2.52. The van der Waals surface area contributed by atoms with E-state index < -0.39 is 0 Å². The van der Waals surface area contributed by atoms with Crippen LogP contribution in [0, 0.1) is 0 Å². The van der Waals surface area contributed by atoms with Crippen molar-refractivity contribution in [1.82, 2.24) is 4.90 Å². The summed E-state index contributed by atoms with van der Waals surface area (Å²) >= 11 is 0. The Bertz CT molecular complexity index is 160. The fourth-order valence-electron chi connectivity index (χ4n) is 2.25. The van der Waals surface area contributed by atoms with Crippen LogP contribution in [-0.4, -0.2) is 37.2 Å². The molecule has 0 spiro atoms. The summed E-state index contributed by atoms with van der Waals surface area (Å²) in [6, 6.07) is 0. The SMILES string of the molecule is CC(C)OCC1(N(C)C)CCCCC1. The van der Waals surface area contributed by atoms with Crippen molar-refractivity contribution in [2.75, 3.05) is 20.7 Å². The van der Waals surface area contributed by atoms with Crippen molar-refractivity contribution in [2.24, 2.45) is 0 Å². The zero-order chi connectivity index (χ0) is 10.6. The van der Waals surface area contributed by atoms with E-state index in [1.54, 1.807) is 0 Å². The van der Waals surface area contributed by atoms with Gasteiger partial charge in [0.05, 0.1) is 12.7 Å². The smallest absolute Gasteiger partial charge is 0.0653 e. The molecule has 0 heterocycles. The molecule has 1 aliphatic rings. The van der Waals surface area contributed by atoms with Gasteiger partial charge >= 0.3 is 0 Å². The predicted octanol–water partition coefficient (Wildman–Crippen LogP) is 2.68. The summed E-state index contributed by atoms with van der Waals surface area (Å²) in [4.78, 5) is 2.37. The molecule has 84 valence electrons. The first kappa shape index (κ1) is 12.0. The van der Waals surface area contributed by atoms with Crippen LogP contribution in [0.25, 0.3) is 0 Å². The zero-order valence-electron chi connectivity index (χ0n) is 10.2. The molecule has 1 fully saturated rings. The Kier molecular flexibility index (Phi) is 4.39. The van der Waals surface area contributed by atoms with E-state index in [-0.39, 0.29) is 0 Å². The summed E-state index contributed by atoms with van der Waals surface area (Å²) in [5, 5.41) is 0. The Morgan fingerprint density at radius 2 is 1.71 bits per heavy atom.